The largest absolute Gasteiger partial charge is 0.497 e. The Morgan fingerprint density at radius 2 is 1.92 bits per heavy atom. The summed E-state index contributed by atoms with van der Waals surface area (Å²) in [6.45, 7) is 3.90. The lowest BCUT2D eigenvalue weighted by Crippen LogP contribution is -2.44. The predicted octanol–water partition coefficient (Wildman–Crippen LogP) is 3.59. The van der Waals surface area contributed by atoms with E-state index in [9.17, 15) is 19.6 Å². The van der Waals surface area contributed by atoms with Gasteiger partial charge in [-0.15, -0.1) is 0 Å². The van der Waals surface area contributed by atoms with Gasteiger partial charge >= 0.3 is 5.97 Å². The Bertz CT molecular complexity index is 1210. The third kappa shape index (κ3) is 6.17. The van der Waals surface area contributed by atoms with Crippen LogP contribution in [0.15, 0.2) is 59.1 Å². The summed E-state index contributed by atoms with van der Waals surface area (Å²) in [5, 5.41) is 15.7. The molecule has 36 heavy (non-hydrogen) atoms. The number of amides is 2. The summed E-state index contributed by atoms with van der Waals surface area (Å²) < 4.78 is 16.1. The second kappa shape index (κ2) is 12.7. The fourth-order valence-corrected chi connectivity index (χ4v) is 4.67. The molecule has 3 rings (SSSR count). The minimum Gasteiger partial charge on any atom is -0.497 e. The molecule has 1 aliphatic heterocycles. The molecule has 0 aliphatic carbocycles. The van der Waals surface area contributed by atoms with E-state index in [1.807, 2.05) is 6.92 Å². The number of anilines is 1. The van der Waals surface area contributed by atoms with E-state index >= 15 is 0 Å². The molecule has 0 bridgehead atoms. The number of carbonyl (C=O) groups excluding carboxylic acids is 3. The van der Waals surface area contributed by atoms with Gasteiger partial charge in [-0.2, -0.15) is 5.26 Å². The summed E-state index contributed by atoms with van der Waals surface area (Å²) in [5.74, 6) is -2.94. The average molecular weight is 510 g/mol. The number of hydrogen-bond donors (Lipinski definition) is 2. The molecule has 10 heteroatoms. The van der Waals surface area contributed by atoms with Gasteiger partial charge in [0.15, 0.2) is 0 Å². The van der Waals surface area contributed by atoms with E-state index in [4.69, 9.17) is 14.2 Å². The van der Waals surface area contributed by atoms with Gasteiger partial charge in [0.1, 0.15) is 17.4 Å². The predicted molar refractivity (Wildman–Crippen MR) is 135 cm³/mol. The number of rotatable bonds is 10. The highest BCUT2D eigenvalue weighted by atomic mass is 32.2. The smallest absolute Gasteiger partial charge is 0.319 e. The van der Waals surface area contributed by atoms with E-state index in [1.54, 1.807) is 55.5 Å². The van der Waals surface area contributed by atoms with Crippen molar-refractivity contribution in [2.75, 3.05) is 31.4 Å². The van der Waals surface area contributed by atoms with Gasteiger partial charge in [-0.1, -0.05) is 36.0 Å². The molecule has 2 N–H and O–H groups in total. The van der Waals surface area contributed by atoms with Crippen molar-refractivity contribution in [2.45, 2.75) is 19.8 Å². The molecule has 0 radical (unpaired) electrons. The molecule has 0 spiro atoms. The van der Waals surface area contributed by atoms with Crippen molar-refractivity contribution in [1.82, 2.24) is 5.32 Å². The number of allylic oxidation sites excluding steroid dienone is 1. The van der Waals surface area contributed by atoms with Crippen LogP contribution in [-0.2, 0) is 19.1 Å². The first kappa shape index (κ1) is 26.6. The lowest BCUT2D eigenvalue weighted by molar-refractivity contribution is -0.152. The normalized spacial score (nSPS) is 17.0. The Morgan fingerprint density at radius 1 is 1.14 bits per heavy atom. The van der Waals surface area contributed by atoms with Gasteiger partial charge in [0.2, 0.25) is 11.8 Å². The average Bonchev–Trinajstić information content (AvgIpc) is 2.87. The maximum atomic E-state index is 13.1. The molecule has 0 aromatic heterocycles. The van der Waals surface area contributed by atoms with E-state index in [0.717, 1.165) is 11.8 Å². The van der Waals surface area contributed by atoms with E-state index in [1.165, 1.54) is 7.11 Å². The molecular weight excluding hydrogens is 482 g/mol. The molecule has 2 unspecified atom stereocenters. The van der Waals surface area contributed by atoms with Crippen LogP contribution < -0.4 is 20.1 Å². The van der Waals surface area contributed by atoms with Crippen molar-refractivity contribution >= 4 is 35.2 Å². The summed E-state index contributed by atoms with van der Waals surface area (Å²) >= 11 is 1.00. The molecule has 2 amide bonds. The van der Waals surface area contributed by atoms with E-state index in [-0.39, 0.29) is 28.9 Å². The minimum absolute atomic E-state index is 0.0814. The first-order chi connectivity index (χ1) is 17.4. The highest BCUT2D eigenvalue weighted by molar-refractivity contribution is 8.03. The van der Waals surface area contributed by atoms with Crippen molar-refractivity contribution in [3.05, 3.63) is 64.7 Å². The van der Waals surface area contributed by atoms with Crippen LogP contribution in [0.4, 0.5) is 5.69 Å². The number of nitrogens with zero attached hydrogens (tertiary/aromatic N) is 1. The highest BCUT2D eigenvalue weighted by Crippen LogP contribution is 2.43. The molecule has 188 valence electrons. The number of carbonyl (C=O) groups is 3. The number of benzene rings is 2. The summed E-state index contributed by atoms with van der Waals surface area (Å²) in [4.78, 5) is 38.5. The summed E-state index contributed by atoms with van der Waals surface area (Å²) in [6.07, 6.45) is 0. The summed E-state index contributed by atoms with van der Waals surface area (Å²) in [5.41, 5.74) is 1.22. The number of thioether (sulfide) groups is 1. The number of nitrogens with one attached hydrogen (secondary N) is 2. The zero-order chi connectivity index (χ0) is 26.1. The van der Waals surface area contributed by atoms with Gasteiger partial charge in [0.05, 0.1) is 42.7 Å². The first-order valence-electron chi connectivity index (χ1n) is 11.3. The Kier molecular flexibility index (Phi) is 9.36. The SMILES string of the molecule is CCOC(=O)C1C(=O)NC(SCC(=O)Nc2cccc(OC)c2)=C(C#N)C1c1ccccc1OCC. The van der Waals surface area contributed by atoms with Gasteiger partial charge in [0.25, 0.3) is 0 Å². The fraction of sp³-hybridized carbons (Fsp3) is 0.308. The van der Waals surface area contributed by atoms with Gasteiger partial charge in [-0.3, -0.25) is 14.4 Å². The van der Waals surface area contributed by atoms with Crippen LogP contribution in [0.1, 0.15) is 25.3 Å². The number of ether oxygens (including phenoxy) is 3. The Hall–Kier alpha value is -3.97. The second-order valence-electron chi connectivity index (χ2n) is 7.59. The van der Waals surface area contributed by atoms with E-state index in [0.29, 0.717) is 29.4 Å². The van der Waals surface area contributed by atoms with Crippen LogP contribution in [0, 0.1) is 17.2 Å². The molecule has 2 atom stereocenters. The van der Waals surface area contributed by atoms with Crippen molar-refractivity contribution in [1.29, 1.82) is 5.26 Å². The molecule has 9 nitrogen and oxygen atoms in total. The highest BCUT2D eigenvalue weighted by Gasteiger charge is 2.45. The Morgan fingerprint density at radius 3 is 2.61 bits per heavy atom. The molecule has 0 saturated heterocycles. The molecule has 1 aliphatic rings. The Balaban J connectivity index is 1.93. The third-order valence-corrected chi connectivity index (χ3v) is 6.34. The molecule has 2 aromatic carbocycles. The van der Waals surface area contributed by atoms with Crippen LogP contribution in [0.2, 0.25) is 0 Å². The van der Waals surface area contributed by atoms with E-state index in [2.05, 4.69) is 16.7 Å². The summed E-state index contributed by atoms with van der Waals surface area (Å²) in [6, 6.07) is 16.0. The molecule has 1 heterocycles. The standard InChI is InChI=1S/C26H27N3O6S/c1-4-34-20-12-7-6-11-18(20)22-19(14-27)25(29-24(31)23(22)26(32)35-5-2)36-15-21(30)28-16-9-8-10-17(13-16)33-3/h6-13,22-23H,4-5,15H2,1-3H3,(H,28,30)(H,29,31). The maximum Gasteiger partial charge on any atom is 0.319 e. The van der Waals surface area contributed by atoms with Gasteiger partial charge in [0, 0.05) is 23.2 Å². The minimum atomic E-state index is -1.28. The van der Waals surface area contributed by atoms with Crippen molar-refractivity contribution < 1.29 is 28.6 Å². The number of hydrogen-bond acceptors (Lipinski definition) is 8. The maximum absolute atomic E-state index is 13.1. The van der Waals surface area contributed by atoms with Crippen LogP contribution >= 0.6 is 11.8 Å². The first-order valence-corrected chi connectivity index (χ1v) is 12.3. The topological polar surface area (TPSA) is 127 Å². The molecular formula is C26H27N3O6S. The lowest BCUT2D eigenvalue weighted by atomic mass is 9.78. The zero-order valence-corrected chi connectivity index (χ0v) is 21.0. The monoisotopic (exact) mass is 509 g/mol. The number of methoxy groups -OCH3 is 1. The lowest BCUT2D eigenvalue weighted by Gasteiger charge is -2.32. The molecule has 0 fully saturated rings. The van der Waals surface area contributed by atoms with Crippen LogP contribution in [0.3, 0.4) is 0 Å². The van der Waals surface area contributed by atoms with Gasteiger partial charge < -0.3 is 24.8 Å². The zero-order valence-electron chi connectivity index (χ0n) is 20.2. The Labute approximate surface area is 213 Å². The molecule has 2 aromatic rings. The second-order valence-corrected chi connectivity index (χ2v) is 8.58. The van der Waals surface area contributed by atoms with Crippen molar-refractivity contribution in [3.8, 4) is 17.6 Å². The third-order valence-electron chi connectivity index (χ3n) is 5.32. The summed E-state index contributed by atoms with van der Waals surface area (Å²) in [7, 11) is 1.53. The van der Waals surface area contributed by atoms with Gasteiger partial charge in [-0.05, 0) is 32.0 Å². The molecule has 0 saturated carbocycles. The van der Waals surface area contributed by atoms with Crippen molar-refractivity contribution in [2.24, 2.45) is 5.92 Å². The number of esters is 1. The quantitative estimate of drug-likeness (QED) is 0.368. The van der Waals surface area contributed by atoms with Crippen molar-refractivity contribution in [3.63, 3.8) is 0 Å². The van der Waals surface area contributed by atoms with Crippen LogP contribution in [0.25, 0.3) is 0 Å². The number of nitriles is 1. The van der Waals surface area contributed by atoms with Gasteiger partial charge in [-0.25, -0.2) is 0 Å². The van der Waals surface area contributed by atoms with E-state index < -0.39 is 23.7 Å². The number of para-hydroxylation sites is 1. The van der Waals surface area contributed by atoms with Crippen LogP contribution in [0.5, 0.6) is 11.5 Å². The fourth-order valence-electron chi connectivity index (χ4n) is 3.82. The van der Waals surface area contributed by atoms with Crippen LogP contribution in [-0.4, -0.2) is 43.9 Å².